The number of aryl methyl sites for hydroxylation is 1. The quantitative estimate of drug-likeness (QED) is 0.264. The van der Waals surface area contributed by atoms with Crippen LogP contribution in [0.3, 0.4) is 0 Å². The first-order chi connectivity index (χ1) is 22.2. The van der Waals surface area contributed by atoms with E-state index in [2.05, 4.69) is 10.3 Å². The van der Waals surface area contributed by atoms with E-state index in [1.165, 1.54) is 12.1 Å². The molecule has 3 rings (SSSR count). The van der Waals surface area contributed by atoms with E-state index in [0.29, 0.717) is 38.3 Å². The van der Waals surface area contributed by atoms with Gasteiger partial charge in [-0.25, -0.2) is 23.8 Å². The summed E-state index contributed by atoms with van der Waals surface area (Å²) in [5.41, 5.74) is 0.362. The number of likely N-dealkylation sites (tertiary alicyclic amines) is 1. The first-order valence-electron chi connectivity index (χ1n) is 16.5. The molecule has 1 fully saturated rings. The van der Waals surface area contributed by atoms with E-state index in [1.54, 1.807) is 63.5 Å². The standard InChI is InChI=1S/C36H53FN4O7/c1-24-18-28(38-30(19-24)39-31(42)46-34(2,3)4)21-26-22-41(33(44)48-36(8,9)10)23-29(26)45-17-16-40(32(43)47-35(5,6)7)15-14-25-12-11-13-27(37)20-25/h11-13,18-20,26,29H,14-17,21-23H2,1-10H3,(H,38,39,42). The molecule has 2 atom stereocenters. The maximum atomic E-state index is 13.8. The third-order valence-electron chi connectivity index (χ3n) is 7.06. The van der Waals surface area contributed by atoms with Crippen LogP contribution in [0.1, 0.15) is 79.1 Å². The zero-order valence-corrected chi connectivity index (χ0v) is 30.1. The summed E-state index contributed by atoms with van der Waals surface area (Å²) < 4.78 is 36.9. The minimum Gasteiger partial charge on any atom is -0.444 e. The number of nitrogens with zero attached hydrogens (tertiary/aromatic N) is 3. The molecule has 2 heterocycles. The van der Waals surface area contributed by atoms with Crippen molar-refractivity contribution >= 4 is 24.1 Å². The van der Waals surface area contributed by atoms with E-state index in [9.17, 15) is 18.8 Å². The molecule has 2 aromatic rings. The van der Waals surface area contributed by atoms with Gasteiger partial charge in [-0.2, -0.15) is 0 Å². The van der Waals surface area contributed by atoms with Gasteiger partial charge in [0.1, 0.15) is 28.4 Å². The normalized spacial score (nSPS) is 16.8. The van der Waals surface area contributed by atoms with Gasteiger partial charge in [-0.1, -0.05) is 12.1 Å². The van der Waals surface area contributed by atoms with E-state index in [1.807, 2.05) is 39.8 Å². The summed E-state index contributed by atoms with van der Waals surface area (Å²) in [6.07, 6.45) is -1.01. The molecule has 12 heteroatoms. The monoisotopic (exact) mass is 672 g/mol. The second-order valence-corrected chi connectivity index (χ2v) is 15.3. The fourth-order valence-corrected chi connectivity index (χ4v) is 5.18. The van der Waals surface area contributed by atoms with Gasteiger partial charge < -0.3 is 28.7 Å². The second-order valence-electron chi connectivity index (χ2n) is 15.3. The van der Waals surface area contributed by atoms with Crippen LogP contribution < -0.4 is 5.32 Å². The lowest BCUT2D eigenvalue weighted by Gasteiger charge is -2.28. The predicted molar refractivity (Wildman–Crippen MR) is 181 cm³/mol. The number of benzene rings is 1. The average molecular weight is 673 g/mol. The van der Waals surface area contributed by atoms with Gasteiger partial charge in [-0.05, 0) is 117 Å². The average Bonchev–Trinajstić information content (AvgIpc) is 3.29. The van der Waals surface area contributed by atoms with Gasteiger partial charge in [0.15, 0.2) is 0 Å². The van der Waals surface area contributed by atoms with Crippen molar-refractivity contribution in [3.05, 3.63) is 59.0 Å². The molecular formula is C36H53FN4O7. The Balaban J connectivity index is 1.75. The van der Waals surface area contributed by atoms with E-state index < -0.39 is 35.1 Å². The topological polar surface area (TPSA) is 120 Å². The van der Waals surface area contributed by atoms with Crippen LogP contribution in [0.4, 0.5) is 24.6 Å². The number of anilines is 1. The van der Waals surface area contributed by atoms with Crippen LogP contribution in [-0.4, -0.2) is 88.8 Å². The molecule has 48 heavy (non-hydrogen) atoms. The summed E-state index contributed by atoms with van der Waals surface area (Å²) in [6, 6.07) is 9.98. The van der Waals surface area contributed by atoms with Gasteiger partial charge >= 0.3 is 18.3 Å². The van der Waals surface area contributed by atoms with Crippen LogP contribution in [-0.2, 0) is 31.8 Å². The molecule has 0 bridgehead atoms. The number of ether oxygens (including phenoxy) is 4. The van der Waals surface area contributed by atoms with Crippen molar-refractivity contribution in [1.29, 1.82) is 0 Å². The summed E-state index contributed by atoms with van der Waals surface area (Å²) in [5, 5.41) is 2.71. The molecule has 0 saturated carbocycles. The molecule has 0 radical (unpaired) electrons. The highest BCUT2D eigenvalue weighted by Gasteiger charge is 2.38. The Kier molecular flexibility index (Phi) is 12.8. The highest BCUT2D eigenvalue weighted by molar-refractivity contribution is 5.83. The second kappa shape index (κ2) is 16.0. The lowest BCUT2D eigenvalue weighted by atomic mass is 9.99. The molecule has 1 aromatic heterocycles. The third kappa shape index (κ3) is 13.7. The fourth-order valence-electron chi connectivity index (χ4n) is 5.18. The van der Waals surface area contributed by atoms with E-state index >= 15 is 0 Å². The highest BCUT2D eigenvalue weighted by atomic mass is 19.1. The molecule has 1 aromatic carbocycles. The number of carbonyl (C=O) groups is 3. The van der Waals surface area contributed by atoms with Crippen molar-refractivity contribution in [1.82, 2.24) is 14.8 Å². The van der Waals surface area contributed by atoms with Crippen molar-refractivity contribution in [2.45, 2.75) is 105 Å². The first kappa shape index (κ1) is 38.5. The molecule has 0 spiro atoms. The lowest BCUT2D eigenvalue weighted by Crippen LogP contribution is -2.41. The molecule has 1 saturated heterocycles. The lowest BCUT2D eigenvalue weighted by molar-refractivity contribution is -0.000926. The number of aromatic nitrogens is 1. The minimum atomic E-state index is -0.697. The Labute approximate surface area is 284 Å². The van der Waals surface area contributed by atoms with E-state index in [0.717, 1.165) is 16.8 Å². The smallest absolute Gasteiger partial charge is 0.413 e. The predicted octanol–water partition coefficient (Wildman–Crippen LogP) is 7.15. The molecule has 266 valence electrons. The van der Waals surface area contributed by atoms with Gasteiger partial charge in [-0.3, -0.25) is 5.32 Å². The molecule has 1 aliphatic heterocycles. The SMILES string of the molecule is Cc1cc(CC2CN(C(=O)OC(C)(C)C)CC2OCCN(CCc2cccc(F)c2)C(=O)OC(C)(C)C)nc(NC(=O)OC(C)(C)C)c1. The van der Waals surface area contributed by atoms with Crippen LogP contribution in [0.5, 0.6) is 0 Å². The molecule has 11 nitrogen and oxygen atoms in total. The molecule has 2 unspecified atom stereocenters. The van der Waals surface area contributed by atoms with Crippen LogP contribution in [0.15, 0.2) is 36.4 Å². The Morgan fingerprint density at radius 1 is 0.917 bits per heavy atom. The highest BCUT2D eigenvalue weighted by Crippen LogP contribution is 2.27. The molecule has 1 aliphatic rings. The van der Waals surface area contributed by atoms with Crippen molar-refractivity contribution in [3.63, 3.8) is 0 Å². The van der Waals surface area contributed by atoms with Gasteiger partial charge in [0.25, 0.3) is 0 Å². The van der Waals surface area contributed by atoms with Crippen molar-refractivity contribution in [2.24, 2.45) is 5.92 Å². The van der Waals surface area contributed by atoms with Crippen molar-refractivity contribution < 1.29 is 37.7 Å². The number of carbonyl (C=O) groups excluding carboxylic acids is 3. The summed E-state index contributed by atoms with van der Waals surface area (Å²) in [5.74, 6) is -0.120. The van der Waals surface area contributed by atoms with Crippen LogP contribution in [0.25, 0.3) is 0 Å². The Bertz CT molecular complexity index is 1410. The Morgan fingerprint density at radius 3 is 2.21 bits per heavy atom. The summed E-state index contributed by atoms with van der Waals surface area (Å²) >= 11 is 0. The van der Waals surface area contributed by atoms with Gasteiger partial charge in [0.05, 0.1) is 19.3 Å². The van der Waals surface area contributed by atoms with Crippen molar-refractivity contribution in [3.8, 4) is 0 Å². The van der Waals surface area contributed by atoms with Crippen molar-refractivity contribution in [2.75, 3.05) is 38.1 Å². The summed E-state index contributed by atoms with van der Waals surface area (Å²) in [4.78, 5) is 46.5. The number of pyridine rings is 1. The first-order valence-corrected chi connectivity index (χ1v) is 16.5. The van der Waals surface area contributed by atoms with Gasteiger partial charge in [-0.15, -0.1) is 0 Å². The number of hydrogen-bond acceptors (Lipinski definition) is 8. The number of rotatable bonds is 10. The van der Waals surface area contributed by atoms with E-state index in [-0.39, 0.29) is 31.0 Å². The zero-order chi connectivity index (χ0) is 35.9. The number of halogens is 1. The van der Waals surface area contributed by atoms with Crippen LogP contribution in [0, 0.1) is 18.7 Å². The summed E-state index contributed by atoms with van der Waals surface area (Å²) in [7, 11) is 0. The van der Waals surface area contributed by atoms with Gasteiger partial charge in [0, 0.05) is 31.2 Å². The Hall–Kier alpha value is -3.93. The largest absolute Gasteiger partial charge is 0.444 e. The van der Waals surface area contributed by atoms with Crippen LogP contribution in [0.2, 0.25) is 0 Å². The fraction of sp³-hybridized carbons (Fsp3) is 0.611. The minimum absolute atomic E-state index is 0.150. The Morgan fingerprint density at radius 2 is 1.58 bits per heavy atom. The third-order valence-corrected chi connectivity index (χ3v) is 7.06. The zero-order valence-electron chi connectivity index (χ0n) is 30.1. The number of amides is 3. The molecule has 1 N–H and O–H groups in total. The maximum absolute atomic E-state index is 13.8. The number of nitrogens with one attached hydrogen (secondary N) is 1. The maximum Gasteiger partial charge on any atom is 0.413 e. The molecular weight excluding hydrogens is 619 g/mol. The van der Waals surface area contributed by atoms with Gasteiger partial charge in [0.2, 0.25) is 0 Å². The summed E-state index contributed by atoms with van der Waals surface area (Å²) in [6.45, 7) is 19.5. The number of hydrogen-bond donors (Lipinski definition) is 1. The van der Waals surface area contributed by atoms with E-state index in [4.69, 9.17) is 18.9 Å². The molecule has 0 aliphatic carbocycles. The van der Waals surface area contributed by atoms with Crippen LogP contribution >= 0.6 is 0 Å². The molecule has 3 amide bonds.